The van der Waals surface area contributed by atoms with Crippen molar-refractivity contribution >= 4 is 21.7 Å². The molecule has 0 saturated heterocycles. The van der Waals surface area contributed by atoms with Gasteiger partial charge < -0.3 is 17.0 Å². The zero-order valence-electron chi connectivity index (χ0n) is 4.50. The summed E-state index contributed by atoms with van der Waals surface area (Å²) in [6, 6.07) is 0. The van der Waals surface area contributed by atoms with E-state index < -0.39 is 0 Å². The Kier molecular flexibility index (Phi) is 15.2. The summed E-state index contributed by atoms with van der Waals surface area (Å²) < 4.78 is 1.21. The van der Waals surface area contributed by atoms with Crippen molar-refractivity contribution in [1.29, 1.82) is 0 Å². The normalized spacial score (nSPS) is 5.57. The molecule has 7 heavy (non-hydrogen) atoms. The molecule has 0 unspecified atom stereocenters. The van der Waals surface area contributed by atoms with Crippen LogP contribution in [0.4, 0.5) is 0 Å². The zero-order chi connectivity index (χ0) is 4.83. The molecule has 0 aliphatic carbocycles. The van der Waals surface area contributed by atoms with E-state index in [0.29, 0.717) is 0 Å². The molecular formula is C5H7BrMg. The van der Waals surface area contributed by atoms with Crippen molar-refractivity contribution in [3.05, 3.63) is 0 Å². The van der Waals surface area contributed by atoms with Gasteiger partial charge in [-0.05, 0) is 0 Å². The van der Waals surface area contributed by atoms with E-state index in [4.69, 9.17) is 0 Å². The topological polar surface area (TPSA) is 0 Å². The zero-order valence-corrected chi connectivity index (χ0v) is 7.50. The number of halogens is 1. The van der Waals surface area contributed by atoms with E-state index in [1.165, 1.54) is 4.55 Å². The van der Waals surface area contributed by atoms with Gasteiger partial charge in [0.2, 0.25) is 0 Å². The average molecular weight is 171 g/mol. The van der Waals surface area contributed by atoms with Crippen LogP contribution in [0.1, 0.15) is 13.3 Å². The van der Waals surface area contributed by atoms with Crippen LogP contribution in [0, 0.1) is 11.8 Å². The van der Waals surface area contributed by atoms with Crippen LogP contribution in [0.15, 0.2) is 0 Å². The van der Waals surface area contributed by atoms with Crippen LogP contribution in [0.2, 0.25) is 4.55 Å². The van der Waals surface area contributed by atoms with Gasteiger partial charge in [0.1, 0.15) is 0 Å². The number of hydrogen-bond donors (Lipinski definition) is 0. The maximum Gasteiger partial charge on any atom is -1.00 e. The van der Waals surface area contributed by atoms with E-state index >= 15 is 0 Å². The van der Waals surface area contributed by atoms with E-state index in [0.717, 1.165) is 6.42 Å². The van der Waals surface area contributed by atoms with E-state index in [9.17, 15) is 0 Å². The first-order chi connectivity index (χ1) is 2.91. The molecule has 0 amide bonds. The predicted octanol–water partition coefficient (Wildman–Crippen LogP) is -2.01. The summed E-state index contributed by atoms with van der Waals surface area (Å²) >= 11 is 1.96. The van der Waals surface area contributed by atoms with Gasteiger partial charge in [-0.15, -0.1) is 0 Å². The van der Waals surface area contributed by atoms with Crippen LogP contribution in [0.3, 0.4) is 0 Å². The predicted molar refractivity (Wildman–Crippen MR) is 28.6 cm³/mol. The molecule has 0 aromatic rings. The average Bonchev–Trinajstić information content (AvgIpc) is 1.61. The van der Waals surface area contributed by atoms with E-state index in [1.807, 2.05) is 28.6 Å². The van der Waals surface area contributed by atoms with Gasteiger partial charge in [0, 0.05) is 0 Å². The molecule has 0 spiro atoms. The molecule has 0 radical (unpaired) electrons. The molecule has 0 saturated carbocycles. The minimum atomic E-state index is 0. The molecule has 0 heterocycles. The minimum Gasteiger partial charge on any atom is -1.00 e. The summed E-state index contributed by atoms with van der Waals surface area (Å²) in [6.45, 7) is 1.87. The Morgan fingerprint density at radius 3 is 2.29 bits per heavy atom. The van der Waals surface area contributed by atoms with Gasteiger partial charge in [0.15, 0.2) is 0 Å². The molecule has 0 N–H and O–H groups in total. The van der Waals surface area contributed by atoms with Crippen LogP contribution >= 0.6 is 0 Å². The molecule has 36 valence electrons. The maximum absolute atomic E-state index is 2.95. The van der Waals surface area contributed by atoms with Gasteiger partial charge in [-0.3, -0.25) is 0 Å². The number of rotatable bonds is 1. The third kappa shape index (κ3) is 10.9. The van der Waals surface area contributed by atoms with Crippen molar-refractivity contribution in [1.82, 2.24) is 0 Å². The third-order valence-corrected chi connectivity index (χ3v) is 0.832. The summed E-state index contributed by atoms with van der Waals surface area (Å²) in [6.07, 6.45) is 1.06. The van der Waals surface area contributed by atoms with E-state index in [-0.39, 0.29) is 17.0 Å². The second-order valence-electron chi connectivity index (χ2n) is 1.03. The van der Waals surface area contributed by atoms with Crippen molar-refractivity contribution in [3.63, 3.8) is 0 Å². The van der Waals surface area contributed by atoms with E-state index in [1.54, 1.807) is 0 Å². The third-order valence-electron chi connectivity index (χ3n) is 0.479. The SMILES string of the molecule is CC#CC[CH2][Mg+].[Br-]. The summed E-state index contributed by atoms with van der Waals surface area (Å²) in [7, 11) is 0. The summed E-state index contributed by atoms with van der Waals surface area (Å²) in [5.74, 6) is 5.78. The summed E-state index contributed by atoms with van der Waals surface area (Å²) in [4.78, 5) is 0. The fourth-order valence-electron chi connectivity index (χ4n) is 0.213. The van der Waals surface area contributed by atoms with Crippen LogP contribution in [-0.2, 0) is 0 Å². The molecule has 0 atom stereocenters. The Balaban J connectivity index is 0. The molecule has 0 bridgehead atoms. The van der Waals surface area contributed by atoms with Gasteiger partial charge in [-0.2, -0.15) is 0 Å². The van der Waals surface area contributed by atoms with Gasteiger partial charge >= 0.3 is 51.4 Å². The van der Waals surface area contributed by atoms with Gasteiger partial charge in [0.25, 0.3) is 0 Å². The summed E-state index contributed by atoms with van der Waals surface area (Å²) in [5, 5.41) is 0. The van der Waals surface area contributed by atoms with Crippen LogP contribution < -0.4 is 17.0 Å². The molecule has 0 rings (SSSR count). The van der Waals surface area contributed by atoms with Crippen LogP contribution in [-0.4, -0.2) is 21.7 Å². The largest absolute Gasteiger partial charge is 1.00 e. The van der Waals surface area contributed by atoms with Gasteiger partial charge in [-0.25, -0.2) is 0 Å². The fraction of sp³-hybridized carbons (Fsp3) is 0.600. The second kappa shape index (κ2) is 9.93. The minimum absolute atomic E-state index is 0. The Labute approximate surface area is 68.3 Å². The molecule has 0 aliphatic heterocycles. The Hall–Kier alpha value is 0.806. The second-order valence-corrected chi connectivity index (χ2v) is 1.74. The molecule has 0 nitrogen and oxygen atoms in total. The van der Waals surface area contributed by atoms with Crippen molar-refractivity contribution in [2.45, 2.75) is 17.9 Å². The molecule has 0 aromatic heterocycles. The Morgan fingerprint density at radius 2 is 2.14 bits per heavy atom. The Bertz CT molecular complexity index is 69.9. The first kappa shape index (κ1) is 10.7. The molecule has 0 aromatic carbocycles. The molecule has 0 fully saturated rings. The van der Waals surface area contributed by atoms with Gasteiger partial charge in [0.05, 0.1) is 0 Å². The maximum atomic E-state index is 2.95. The van der Waals surface area contributed by atoms with Crippen LogP contribution in [0.25, 0.3) is 0 Å². The van der Waals surface area contributed by atoms with E-state index in [2.05, 4.69) is 11.8 Å². The quantitative estimate of drug-likeness (QED) is 0.316. The van der Waals surface area contributed by atoms with Crippen molar-refractivity contribution in [3.8, 4) is 11.8 Å². The van der Waals surface area contributed by atoms with Crippen molar-refractivity contribution in [2.24, 2.45) is 0 Å². The molecule has 0 aliphatic rings. The van der Waals surface area contributed by atoms with Crippen molar-refractivity contribution < 1.29 is 17.0 Å². The van der Waals surface area contributed by atoms with Gasteiger partial charge in [-0.1, -0.05) is 0 Å². The van der Waals surface area contributed by atoms with Crippen molar-refractivity contribution in [2.75, 3.05) is 0 Å². The standard InChI is InChI=1S/C5H7.BrH.Mg/c1-3-5-4-2;;/h1,3H2,2H3;1H;/q;;+1/p-1. The smallest absolute Gasteiger partial charge is 1.00 e. The number of hydrogen-bond acceptors (Lipinski definition) is 0. The first-order valence-electron chi connectivity index (χ1n) is 2.10. The monoisotopic (exact) mass is 170 g/mol. The van der Waals surface area contributed by atoms with Crippen LogP contribution in [0.5, 0.6) is 0 Å². The summed E-state index contributed by atoms with van der Waals surface area (Å²) in [5.41, 5.74) is 0. The first-order valence-corrected chi connectivity index (χ1v) is 3.10. The molecule has 2 heteroatoms. The molecular weight excluding hydrogens is 164 g/mol. The fourth-order valence-corrected chi connectivity index (χ4v) is 0.390. The Morgan fingerprint density at radius 1 is 1.57 bits per heavy atom.